The van der Waals surface area contributed by atoms with Gasteiger partial charge in [0.05, 0.1) is 10.6 Å². The molecule has 0 fully saturated rings. The molecular weight excluding hydrogens is 320 g/mol. The Morgan fingerprint density at radius 2 is 1.59 bits per heavy atom. The number of anilines is 2. The third kappa shape index (κ3) is 4.39. The van der Waals surface area contributed by atoms with Gasteiger partial charge < -0.3 is 4.90 Å². The molecule has 0 unspecified atom stereocenters. The van der Waals surface area contributed by atoms with Crippen molar-refractivity contribution < 1.29 is 8.42 Å². The smallest absolute Gasteiger partial charge is 0.261 e. The molecule has 120 valence electrons. The maximum Gasteiger partial charge on any atom is 0.261 e. The first-order chi connectivity index (χ1) is 10.1. The van der Waals surface area contributed by atoms with E-state index in [9.17, 15) is 8.42 Å². The molecule has 0 heterocycles. The van der Waals surface area contributed by atoms with Gasteiger partial charge in [-0.05, 0) is 44.2 Å². The molecule has 22 heavy (non-hydrogen) atoms. The number of hydrogen-bond acceptors (Lipinski definition) is 3. The molecule has 0 radical (unpaired) electrons. The molecule has 0 aliphatic carbocycles. The second kappa shape index (κ2) is 8.06. The zero-order valence-electron chi connectivity index (χ0n) is 12.7. The van der Waals surface area contributed by atoms with E-state index in [2.05, 4.69) is 23.5 Å². The molecule has 2 rings (SSSR count). The molecule has 0 bridgehead atoms. The number of sulfonamides is 1. The zero-order valence-corrected chi connectivity index (χ0v) is 14.3. The molecule has 4 nitrogen and oxygen atoms in total. The van der Waals surface area contributed by atoms with Crippen LogP contribution in [0.2, 0.25) is 0 Å². The van der Waals surface area contributed by atoms with Gasteiger partial charge in [0, 0.05) is 18.8 Å². The Bertz CT molecular complexity index is 686. The van der Waals surface area contributed by atoms with E-state index in [-0.39, 0.29) is 17.3 Å². The van der Waals surface area contributed by atoms with Crippen LogP contribution in [0, 0.1) is 0 Å². The first-order valence-corrected chi connectivity index (χ1v) is 8.48. The van der Waals surface area contributed by atoms with Crippen molar-refractivity contribution in [3.63, 3.8) is 0 Å². The topological polar surface area (TPSA) is 49.4 Å². The fourth-order valence-corrected chi connectivity index (χ4v) is 3.24. The molecule has 0 saturated heterocycles. The van der Waals surface area contributed by atoms with E-state index in [1.807, 2.05) is 18.2 Å². The lowest BCUT2D eigenvalue weighted by molar-refractivity contribution is 0.601. The Hall–Kier alpha value is -1.72. The van der Waals surface area contributed by atoms with E-state index in [0.717, 1.165) is 18.8 Å². The Kier molecular flexibility index (Phi) is 6.71. The standard InChI is InChI=1S/C16H20N2O2S.ClH/c1-3-18(4-2)15-10-8-9-14(13-15)17-21(19,20)16-11-6-5-7-12-16;/h5-13,17H,3-4H2,1-2H3;1H. The van der Waals surface area contributed by atoms with Crippen molar-refractivity contribution in [1.82, 2.24) is 0 Å². The van der Waals surface area contributed by atoms with E-state index in [1.54, 1.807) is 36.4 Å². The van der Waals surface area contributed by atoms with Crippen molar-refractivity contribution in [2.24, 2.45) is 0 Å². The van der Waals surface area contributed by atoms with Crippen molar-refractivity contribution in [3.05, 3.63) is 54.6 Å². The summed E-state index contributed by atoms with van der Waals surface area (Å²) in [4.78, 5) is 2.43. The SMILES string of the molecule is CCN(CC)c1cccc(NS(=O)(=O)c2ccccc2)c1.Cl. The largest absolute Gasteiger partial charge is 0.372 e. The van der Waals surface area contributed by atoms with Gasteiger partial charge >= 0.3 is 0 Å². The van der Waals surface area contributed by atoms with Crippen LogP contribution in [0.1, 0.15) is 13.8 Å². The van der Waals surface area contributed by atoms with E-state index < -0.39 is 10.0 Å². The lowest BCUT2D eigenvalue weighted by Gasteiger charge is -2.21. The maximum absolute atomic E-state index is 12.3. The summed E-state index contributed by atoms with van der Waals surface area (Å²) in [5.41, 5.74) is 1.58. The number of nitrogens with zero attached hydrogens (tertiary/aromatic N) is 1. The summed E-state index contributed by atoms with van der Waals surface area (Å²) < 4.78 is 27.2. The minimum atomic E-state index is -3.54. The lowest BCUT2D eigenvalue weighted by atomic mass is 10.2. The van der Waals surface area contributed by atoms with Crippen LogP contribution < -0.4 is 9.62 Å². The van der Waals surface area contributed by atoms with Gasteiger partial charge in [-0.2, -0.15) is 0 Å². The lowest BCUT2D eigenvalue weighted by Crippen LogP contribution is -2.22. The first kappa shape index (κ1) is 18.3. The fraction of sp³-hybridized carbons (Fsp3) is 0.250. The maximum atomic E-state index is 12.3. The van der Waals surface area contributed by atoms with Crippen LogP contribution in [0.3, 0.4) is 0 Å². The summed E-state index contributed by atoms with van der Waals surface area (Å²) in [6.07, 6.45) is 0. The Balaban J connectivity index is 0.00000242. The summed E-state index contributed by atoms with van der Waals surface area (Å²) >= 11 is 0. The van der Waals surface area contributed by atoms with E-state index in [1.165, 1.54) is 0 Å². The van der Waals surface area contributed by atoms with Crippen molar-refractivity contribution >= 4 is 33.8 Å². The molecule has 0 atom stereocenters. The summed E-state index contributed by atoms with van der Waals surface area (Å²) in [6.45, 7) is 5.91. The van der Waals surface area contributed by atoms with Gasteiger partial charge in [0.2, 0.25) is 0 Å². The minimum Gasteiger partial charge on any atom is -0.372 e. The van der Waals surface area contributed by atoms with Gasteiger partial charge in [-0.3, -0.25) is 4.72 Å². The highest BCUT2D eigenvalue weighted by Gasteiger charge is 2.13. The average molecular weight is 341 g/mol. The molecule has 2 aromatic carbocycles. The van der Waals surface area contributed by atoms with Crippen LogP contribution in [-0.4, -0.2) is 21.5 Å². The first-order valence-electron chi connectivity index (χ1n) is 6.99. The molecule has 0 spiro atoms. The molecule has 0 amide bonds. The van der Waals surface area contributed by atoms with Crippen molar-refractivity contribution in [3.8, 4) is 0 Å². The third-order valence-corrected chi connectivity index (χ3v) is 4.68. The predicted octanol–water partition coefficient (Wildman–Crippen LogP) is 3.76. The Labute approximate surface area is 138 Å². The third-order valence-electron chi connectivity index (χ3n) is 3.28. The van der Waals surface area contributed by atoms with Crippen LogP contribution in [-0.2, 0) is 10.0 Å². The Morgan fingerprint density at radius 3 is 2.18 bits per heavy atom. The highest BCUT2D eigenvalue weighted by Crippen LogP contribution is 2.22. The average Bonchev–Trinajstić information content (AvgIpc) is 2.49. The highest BCUT2D eigenvalue weighted by atomic mass is 35.5. The normalized spacial score (nSPS) is 10.6. The second-order valence-corrected chi connectivity index (χ2v) is 6.32. The minimum absolute atomic E-state index is 0. The van der Waals surface area contributed by atoms with E-state index in [0.29, 0.717) is 5.69 Å². The number of rotatable bonds is 6. The van der Waals surface area contributed by atoms with Gasteiger partial charge in [0.15, 0.2) is 0 Å². The molecule has 0 aliphatic rings. The molecule has 0 saturated carbocycles. The summed E-state index contributed by atoms with van der Waals surface area (Å²) in [5, 5.41) is 0. The predicted molar refractivity (Wildman–Crippen MR) is 94.5 cm³/mol. The van der Waals surface area contributed by atoms with Gasteiger partial charge in [-0.25, -0.2) is 8.42 Å². The Morgan fingerprint density at radius 1 is 0.955 bits per heavy atom. The van der Waals surface area contributed by atoms with Crippen molar-refractivity contribution in [2.75, 3.05) is 22.7 Å². The fourth-order valence-electron chi connectivity index (χ4n) is 2.17. The van der Waals surface area contributed by atoms with Crippen molar-refractivity contribution in [2.45, 2.75) is 18.7 Å². The quantitative estimate of drug-likeness (QED) is 0.871. The molecule has 0 aromatic heterocycles. The number of halogens is 1. The monoisotopic (exact) mass is 340 g/mol. The van der Waals surface area contributed by atoms with Crippen LogP contribution in [0.25, 0.3) is 0 Å². The van der Waals surface area contributed by atoms with Crippen LogP contribution in [0.4, 0.5) is 11.4 Å². The summed E-state index contributed by atoms with van der Waals surface area (Å²) in [6, 6.07) is 15.8. The van der Waals surface area contributed by atoms with Crippen LogP contribution >= 0.6 is 12.4 Å². The highest BCUT2D eigenvalue weighted by molar-refractivity contribution is 7.92. The van der Waals surface area contributed by atoms with Gasteiger partial charge in [0.1, 0.15) is 0 Å². The molecule has 6 heteroatoms. The van der Waals surface area contributed by atoms with Crippen LogP contribution in [0.15, 0.2) is 59.5 Å². The van der Waals surface area contributed by atoms with Crippen molar-refractivity contribution in [1.29, 1.82) is 0 Å². The van der Waals surface area contributed by atoms with Gasteiger partial charge in [-0.15, -0.1) is 12.4 Å². The zero-order chi connectivity index (χ0) is 15.3. The summed E-state index contributed by atoms with van der Waals surface area (Å²) in [5.74, 6) is 0. The van der Waals surface area contributed by atoms with E-state index in [4.69, 9.17) is 0 Å². The number of hydrogen-bond donors (Lipinski definition) is 1. The molecule has 0 aliphatic heterocycles. The van der Waals surface area contributed by atoms with E-state index >= 15 is 0 Å². The summed E-state index contributed by atoms with van der Waals surface area (Å²) in [7, 11) is -3.54. The van der Waals surface area contributed by atoms with Gasteiger partial charge in [0.25, 0.3) is 10.0 Å². The molecule has 2 aromatic rings. The number of benzene rings is 2. The number of nitrogens with one attached hydrogen (secondary N) is 1. The second-order valence-electron chi connectivity index (χ2n) is 4.64. The molecule has 1 N–H and O–H groups in total. The molecular formula is C16H21ClN2O2S. The van der Waals surface area contributed by atoms with Crippen LogP contribution in [0.5, 0.6) is 0 Å². The van der Waals surface area contributed by atoms with Gasteiger partial charge in [-0.1, -0.05) is 24.3 Å².